The van der Waals surface area contributed by atoms with Crippen molar-refractivity contribution in [2.75, 3.05) is 0 Å². The molecule has 2 heterocycles. The average molecular weight is 439 g/mol. The maximum atomic E-state index is 6.12. The summed E-state index contributed by atoms with van der Waals surface area (Å²) >= 11 is 3.64. The van der Waals surface area contributed by atoms with E-state index in [2.05, 4.69) is 69.0 Å². The van der Waals surface area contributed by atoms with Gasteiger partial charge in [-0.3, -0.25) is 0 Å². The molecule has 0 saturated heterocycles. The van der Waals surface area contributed by atoms with Crippen molar-refractivity contribution in [3.63, 3.8) is 0 Å². The van der Waals surface area contributed by atoms with Gasteiger partial charge in [-0.1, -0.05) is 52.3 Å². The molecule has 0 unspecified atom stereocenters. The van der Waals surface area contributed by atoms with Gasteiger partial charge in [0, 0.05) is 26.5 Å². The minimum absolute atomic E-state index is 0.642. The molecular formula is C25H15BrN2O. The first-order chi connectivity index (χ1) is 14.3. The van der Waals surface area contributed by atoms with Crippen molar-refractivity contribution in [3.05, 3.63) is 95.5 Å². The average Bonchev–Trinajstić information content (AvgIpc) is 3.33. The molecule has 0 fully saturated rings. The molecule has 0 bridgehead atoms. The van der Waals surface area contributed by atoms with E-state index in [1.807, 2.05) is 42.5 Å². The van der Waals surface area contributed by atoms with Gasteiger partial charge in [0.15, 0.2) is 5.58 Å². The predicted molar refractivity (Wildman–Crippen MR) is 121 cm³/mol. The van der Waals surface area contributed by atoms with Crippen LogP contribution >= 0.6 is 15.9 Å². The minimum Gasteiger partial charge on any atom is -0.436 e. The third-order valence-electron chi connectivity index (χ3n) is 5.28. The standard InChI is InChI=1S/C25H15BrN2O/c26-17-11-12-20-19(15-17)23-21(28(20)18-9-5-2-6-10-18)13-14-22-24(23)27-25(29-22)16-7-3-1-4-8-16/h1-15H. The molecular weight excluding hydrogens is 424 g/mol. The third kappa shape index (κ3) is 2.53. The first kappa shape index (κ1) is 16.6. The number of rotatable bonds is 2. The molecule has 2 aromatic heterocycles. The first-order valence-corrected chi connectivity index (χ1v) is 10.2. The van der Waals surface area contributed by atoms with Crippen LogP contribution in [0.4, 0.5) is 0 Å². The Kier molecular flexibility index (Phi) is 3.61. The number of fused-ring (bicyclic) bond motifs is 5. The van der Waals surface area contributed by atoms with E-state index in [1.54, 1.807) is 0 Å². The minimum atomic E-state index is 0.642. The van der Waals surface area contributed by atoms with Crippen molar-refractivity contribution in [1.29, 1.82) is 0 Å². The molecule has 4 aromatic carbocycles. The lowest BCUT2D eigenvalue weighted by atomic mass is 10.1. The van der Waals surface area contributed by atoms with Gasteiger partial charge in [0.2, 0.25) is 5.89 Å². The molecule has 4 heteroatoms. The second-order valence-corrected chi connectivity index (χ2v) is 7.94. The Morgan fingerprint density at radius 3 is 2.28 bits per heavy atom. The zero-order chi connectivity index (χ0) is 19.4. The summed E-state index contributed by atoms with van der Waals surface area (Å²) in [5, 5.41) is 2.25. The van der Waals surface area contributed by atoms with Crippen LogP contribution in [0.25, 0.3) is 50.0 Å². The summed E-state index contributed by atoms with van der Waals surface area (Å²) in [6, 6.07) is 31.0. The maximum absolute atomic E-state index is 6.12. The number of benzene rings is 4. The normalized spacial score (nSPS) is 11.6. The van der Waals surface area contributed by atoms with Crippen molar-refractivity contribution < 1.29 is 4.42 Å². The van der Waals surface area contributed by atoms with Crippen LogP contribution in [-0.4, -0.2) is 9.55 Å². The van der Waals surface area contributed by atoms with Gasteiger partial charge < -0.3 is 8.98 Å². The molecule has 0 atom stereocenters. The summed E-state index contributed by atoms with van der Waals surface area (Å²) in [5.74, 6) is 0.642. The molecule has 0 N–H and O–H groups in total. The third-order valence-corrected chi connectivity index (χ3v) is 5.78. The second-order valence-electron chi connectivity index (χ2n) is 7.02. The molecule has 0 aliphatic carbocycles. The van der Waals surface area contributed by atoms with E-state index in [4.69, 9.17) is 9.40 Å². The van der Waals surface area contributed by atoms with Gasteiger partial charge in [0.1, 0.15) is 5.52 Å². The Labute approximate surface area is 175 Å². The number of hydrogen-bond donors (Lipinski definition) is 0. The molecule has 0 aliphatic heterocycles. The Morgan fingerprint density at radius 2 is 1.48 bits per heavy atom. The molecule has 6 aromatic rings. The number of halogens is 1. The van der Waals surface area contributed by atoms with E-state index in [9.17, 15) is 0 Å². The topological polar surface area (TPSA) is 31.0 Å². The van der Waals surface area contributed by atoms with Crippen LogP contribution in [-0.2, 0) is 0 Å². The highest BCUT2D eigenvalue weighted by Gasteiger charge is 2.18. The van der Waals surface area contributed by atoms with Crippen molar-refractivity contribution in [2.24, 2.45) is 0 Å². The Morgan fingerprint density at radius 1 is 0.759 bits per heavy atom. The smallest absolute Gasteiger partial charge is 0.227 e. The van der Waals surface area contributed by atoms with Crippen molar-refractivity contribution in [3.8, 4) is 17.1 Å². The van der Waals surface area contributed by atoms with Crippen LogP contribution < -0.4 is 0 Å². The van der Waals surface area contributed by atoms with Crippen molar-refractivity contribution in [2.45, 2.75) is 0 Å². The molecule has 0 amide bonds. The zero-order valence-corrected chi connectivity index (χ0v) is 16.9. The molecule has 0 saturated carbocycles. The van der Waals surface area contributed by atoms with Gasteiger partial charge in [-0.2, -0.15) is 0 Å². The highest BCUT2D eigenvalue weighted by Crippen LogP contribution is 2.38. The fourth-order valence-electron chi connectivity index (χ4n) is 4.03. The molecule has 6 rings (SSSR count). The van der Waals surface area contributed by atoms with E-state index in [-0.39, 0.29) is 0 Å². The lowest BCUT2D eigenvalue weighted by molar-refractivity contribution is 0.620. The van der Waals surface area contributed by atoms with Crippen LogP contribution in [0.5, 0.6) is 0 Å². The van der Waals surface area contributed by atoms with Crippen LogP contribution in [0.2, 0.25) is 0 Å². The summed E-state index contributed by atoms with van der Waals surface area (Å²) in [6.07, 6.45) is 0. The van der Waals surface area contributed by atoms with Gasteiger partial charge in [-0.15, -0.1) is 0 Å². The number of oxazole rings is 1. The number of para-hydroxylation sites is 1. The Bertz CT molecular complexity index is 1500. The SMILES string of the molecule is Brc1ccc2c(c1)c1c3nc(-c4ccccc4)oc3ccc1n2-c1ccccc1. The summed E-state index contributed by atoms with van der Waals surface area (Å²) in [7, 11) is 0. The molecule has 0 radical (unpaired) electrons. The van der Waals surface area contributed by atoms with Gasteiger partial charge in [0.05, 0.1) is 11.0 Å². The zero-order valence-electron chi connectivity index (χ0n) is 15.3. The lowest BCUT2D eigenvalue weighted by Gasteiger charge is -2.07. The van der Waals surface area contributed by atoms with Crippen LogP contribution in [0.3, 0.4) is 0 Å². The molecule has 0 spiro atoms. The van der Waals surface area contributed by atoms with Gasteiger partial charge in [-0.25, -0.2) is 4.98 Å². The first-order valence-electron chi connectivity index (χ1n) is 9.44. The summed E-state index contributed by atoms with van der Waals surface area (Å²) in [6.45, 7) is 0. The van der Waals surface area contributed by atoms with Gasteiger partial charge >= 0.3 is 0 Å². The second kappa shape index (κ2) is 6.33. The Balaban J connectivity index is 1.76. The quantitative estimate of drug-likeness (QED) is 0.282. The van der Waals surface area contributed by atoms with Crippen molar-refractivity contribution >= 4 is 48.8 Å². The van der Waals surface area contributed by atoms with Crippen LogP contribution in [0.15, 0.2) is 99.9 Å². The highest BCUT2D eigenvalue weighted by molar-refractivity contribution is 9.10. The van der Waals surface area contributed by atoms with Gasteiger partial charge in [0.25, 0.3) is 0 Å². The number of nitrogens with zero attached hydrogens (tertiary/aromatic N) is 2. The molecule has 3 nitrogen and oxygen atoms in total. The fourth-order valence-corrected chi connectivity index (χ4v) is 4.39. The van der Waals surface area contributed by atoms with Crippen LogP contribution in [0.1, 0.15) is 0 Å². The lowest BCUT2D eigenvalue weighted by Crippen LogP contribution is -1.92. The predicted octanol–water partition coefficient (Wildman–Crippen LogP) is 7.35. The largest absolute Gasteiger partial charge is 0.436 e. The Hall–Kier alpha value is -3.37. The van der Waals surface area contributed by atoms with E-state index in [0.29, 0.717) is 5.89 Å². The van der Waals surface area contributed by atoms with E-state index >= 15 is 0 Å². The van der Waals surface area contributed by atoms with E-state index in [1.165, 1.54) is 0 Å². The van der Waals surface area contributed by atoms with Gasteiger partial charge in [-0.05, 0) is 54.6 Å². The molecule has 138 valence electrons. The van der Waals surface area contributed by atoms with Crippen LogP contribution in [0, 0.1) is 0 Å². The summed E-state index contributed by atoms with van der Waals surface area (Å²) < 4.78 is 9.45. The molecule has 29 heavy (non-hydrogen) atoms. The van der Waals surface area contributed by atoms with E-state index < -0.39 is 0 Å². The summed E-state index contributed by atoms with van der Waals surface area (Å²) in [5.41, 5.74) is 6.05. The monoisotopic (exact) mass is 438 g/mol. The molecule has 0 aliphatic rings. The van der Waals surface area contributed by atoms with E-state index in [0.717, 1.165) is 48.6 Å². The maximum Gasteiger partial charge on any atom is 0.227 e. The fraction of sp³-hybridized carbons (Fsp3) is 0. The number of hydrogen-bond acceptors (Lipinski definition) is 2. The van der Waals surface area contributed by atoms with Crippen molar-refractivity contribution in [1.82, 2.24) is 9.55 Å². The summed E-state index contributed by atoms with van der Waals surface area (Å²) in [4.78, 5) is 4.90. The number of aromatic nitrogens is 2. The highest BCUT2D eigenvalue weighted by atomic mass is 79.9.